The minimum Gasteiger partial charge on any atom is -0.488 e. The summed E-state index contributed by atoms with van der Waals surface area (Å²) in [5.41, 5.74) is 1.15. The van der Waals surface area contributed by atoms with Crippen LogP contribution in [0, 0.1) is 0 Å². The zero-order valence-electron chi connectivity index (χ0n) is 9.42. The lowest BCUT2D eigenvalue weighted by atomic mass is 10.1. The molecule has 1 aromatic carbocycles. The Morgan fingerprint density at radius 3 is 2.14 bits per heavy atom. The van der Waals surface area contributed by atoms with Gasteiger partial charge in [-0.15, -0.1) is 0 Å². The Balaban J connectivity index is 2.64. The third kappa shape index (κ3) is 3.79. The van der Waals surface area contributed by atoms with Gasteiger partial charge in [-0.25, -0.2) is 0 Å². The molecule has 0 aliphatic carbocycles. The molecule has 0 aliphatic rings. The molecule has 0 heterocycles. The summed E-state index contributed by atoms with van der Waals surface area (Å²) in [5, 5.41) is 3.11. The van der Waals surface area contributed by atoms with Gasteiger partial charge in [-0.05, 0) is 45.5 Å². The molecule has 14 heavy (non-hydrogen) atoms. The van der Waals surface area contributed by atoms with Crippen molar-refractivity contribution in [1.29, 1.82) is 0 Å². The summed E-state index contributed by atoms with van der Waals surface area (Å²) < 4.78 is 5.71. The van der Waals surface area contributed by atoms with Gasteiger partial charge in [-0.3, -0.25) is 0 Å². The first-order valence-electron chi connectivity index (χ1n) is 4.94. The summed E-state index contributed by atoms with van der Waals surface area (Å²) in [6.07, 6.45) is 0. The molecule has 0 aromatic heterocycles. The Morgan fingerprint density at radius 2 is 1.71 bits per heavy atom. The monoisotopic (exact) mass is 193 g/mol. The molecule has 2 heteroatoms. The molecule has 0 spiro atoms. The Labute approximate surface area is 86.3 Å². The third-order valence-corrected chi connectivity index (χ3v) is 1.73. The molecule has 1 rings (SSSR count). The summed E-state index contributed by atoms with van der Waals surface area (Å²) in [7, 11) is 1.94. The van der Waals surface area contributed by atoms with Crippen LogP contribution in [0.25, 0.3) is 0 Å². The average Bonchev–Trinajstić information content (AvgIpc) is 2.06. The number of ether oxygens (including phenoxy) is 1. The van der Waals surface area contributed by atoms with E-state index in [0.717, 1.165) is 12.3 Å². The van der Waals surface area contributed by atoms with Gasteiger partial charge in [0.2, 0.25) is 0 Å². The Morgan fingerprint density at radius 1 is 1.14 bits per heavy atom. The van der Waals surface area contributed by atoms with Gasteiger partial charge in [0.15, 0.2) is 0 Å². The molecule has 2 nitrogen and oxygen atoms in total. The second-order valence-electron chi connectivity index (χ2n) is 4.39. The molecule has 0 amide bonds. The molecule has 0 bridgehead atoms. The highest BCUT2D eigenvalue weighted by molar-refractivity contribution is 5.27. The fourth-order valence-electron chi connectivity index (χ4n) is 1.23. The molecule has 1 aromatic rings. The molecular weight excluding hydrogens is 174 g/mol. The molecule has 1 N–H and O–H groups in total. The predicted octanol–water partition coefficient (Wildman–Crippen LogP) is 2.58. The molecule has 78 valence electrons. The lowest BCUT2D eigenvalue weighted by molar-refractivity contribution is 0.131. The van der Waals surface area contributed by atoms with Crippen LogP contribution >= 0.6 is 0 Å². The van der Waals surface area contributed by atoms with Gasteiger partial charge in [0.25, 0.3) is 0 Å². The topological polar surface area (TPSA) is 21.3 Å². The van der Waals surface area contributed by atoms with Crippen molar-refractivity contribution in [1.82, 2.24) is 5.32 Å². The van der Waals surface area contributed by atoms with Gasteiger partial charge in [0.1, 0.15) is 11.4 Å². The number of nitrogens with one attached hydrogen (secondary N) is 1. The fourth-order valence-corrected chi connectivity index (χ4v) is 1.23. The second-order valence-corrected chi connectivity index (χ2v) is 4.39. The molecule has 0 fully saturated rings. The van der Waals surface area contributed by atoms with Crippen molar-refractivity contribution in [3.63, 3.8) is 0 Å². The van der Waals surface area contributed by atoms with Crippen LogP contribution < -0.4 is 10.1 Å². The van der Waals surface area contributed by atoms with Crippen LogP contribution in [-0.4, -0.2) is 12.6 Å². The maximum Gasteiger partial charge on any atom is 0.120 e. The standard InChI is InChI=1S/C12H19NO/c1-12(2,3)14-11-7-5-10(6-8-11)9-13-4/h5-8,13H,9H2,1-4H3. The molecule has 0 saturated heterocycles. The van der Waals surface area contributed by atoms with Crippen LogP contribution in [0.1, 0.15) is 26.3 Å². The number of benzene rings is 1. The van der Waals surface area contributed by atoms with E-state index in [1.807, 2.05) is 19.2 Å². The van der Waals surface area contributed by atoms with E-state index in [1.54, 1.807) is 0 Å². The first kappa shape index (κ1) is 11.1. The van der Waals surface area contributed by atoms with Crippen LogP contribution in [0.4, 0.5) is 0 Å². The number of hydrogen-bond donors (Lipinski definition) is 1. The van der Waals surface area contributed by atoms with E-state index in [-0.39, 0.29) is 5.60 Å². The molecule has 0 radical (unpaired) electrons. The minimum atomic E-state index is -0.121. The predicted molar refractivity (Wildman–Crippen MR) is 59.6 cm³/mol. The van der Waals surface area contributed by atoms with Crippen LogP contribution in [0.2, 0.25) is 0 Å². The maximum atomic E-state index is 5.71. The largest absolute Gasteiger partial charge is 0.488 e. The van der Waals surface area contributed by atoms with E-state index >= 15 is 0 Å². The van der Waals surface area contributed by atoms with Crippen molar-refractivity contribution >= 4 is 0 Å². The van der Waals surface area contributed by atoms with Crippen molar-refractivity contribution in [2.45, 2.75) is 32.9 Å². The zero-order valence-corrected chi connectivity index (χ0v) is 9.42. The van der Waals surface area contributed by atoms with Crippen molar-refractivity contribution in [2.24, 2.45) is 0 Å². The van der Waals surface area contributed by atoms with Crippen LogP contribution in [0.3, 0.4) is 0 Å². The van der Waals surface area contributed by atoms with Gasteiger partial charge >= 0.3 is 0 Å². The second kappa shape index (κ2) is 4.47. The molecule has 0 aliphatic heterocycles. The van der Waals surface area contributed by atoms with Crippen LogP contribution in [0.15, 0.2) is 24.3 Å². The molecular formula is C12H19NO. The minimum absolute atomic E-state index is 0.121. The normalized spacial score (nSPS) is 11.4. The smallest absolute Gasteiger partial charge is 0.120 e. The molecule has 0 unspecified atom stereocenters. The van der Waals surface area contributed by atoms with E-state index in [0.29, 0.717) is 0 Å². The van der Waals surface area contributed by atoms with E-state index in [9.17, 15) is 0 Å². The number of rotatable bonds is 3. The van der Waals surface area contributed by atoms with Gasteiger partial charge in [-0.2, -0.15) is 0 Å². The Kier molecular flexibility index (Phi) is 3.53. The first-order valence-corrected chi connectivity index (χ1v) is 4.94. The summed E-state index contributed by atoms with van der Waals surface area (Å²) in [4.78, 5) is 0. The SMILES string of the molecule is CNCc1ccc(OC(C)(C)C)cc1. The summed E-state index contributed by atoms with van der Waals surface area (Å²) in [6.45, 7) is 7.05. The average molecular weight is 193 g/mol. The summed E-state index contributed by atoms with van der Waals surface area (Å²) >= 11 is 0. The summed E-state index contributed by atoms with van der Waals surface area (Å²) in [5.74, 6) is 0.928. The lowest BCUT2D eigenvalue weighted by Gasteiger charge is -2.21. The van der Waals surface area contributed by atoms with E-state index in [1.165, 1.54) is 5.56 Å². The first-order chi connectivity index (χ1) is 6.51. The van der Waals surface area contributed by atoms with Crippen molar-refractivity contribution < 1.29 is 4.74 Å². The van der Waals surface area contributed by atoms with Gasteiger partial charge in [0.05, 0.1) is 0 Å². The quantitative estimate of drug-likeness (QED) is 0.796. The Hall–Kier alpha value is -1.02. The maximum absolute atomic E-state index is 5.71. The van der Waals surface area contributed by atoms with Gasteiger partial charge < -0.3 is 10.1 Å². The van der Waals surface area contributed by atoms with Crippen LogP contribution in [0.5, 0.6) is 5.75 Å². The van der Waals surface area contributed by atoms with Gasteiger partial charge in [-0.1, -0.05) is 12.1 Å². The van der Waals surface area contributed by atoms with Crippen LogP contribution in [-0.2, 0) is 6.54 Å². The Bertz CT molecular complexity index is 271. The number of hydrogen-bond acceptors (Lipinski definition) is 2. The highest BCUT2D eigenvalue weighted by atomic mass is 16.5. The van der Waals surface area contributed by atoms with E-state index < -0.39 is 0 Å². The van der Waals surface area contributed by atoms with Crippen molar-refractivity contribution in [3.05, 3.63) is 29.8 Å². The lowest BCUT2D eigenvalue weighted by Crippen LogP contribution is -2.22. The van der Waals surface area contributed by atoms with Crippen molar-refractivity contribution in [3.8, 4) is 5.75 Å². The highest BCUT2D eigenvalue weighted by Gasteiger charge is 2.10. The molecule has 0 atom stereocenters. The van der Waals surface area contributed by atoms with E-state index in [2.05, 4.69) is 38.2 Å². The highest BCUT2D eigenvalue weighted by Crippen LogP contribution is 2.18. The fraction of sp³-hybridized carbons (Fsp3) is 0.500. The third-order valence-electron chi connectivity index (χ3n) is 1.73. The zero-order chi connectivity index (χ0) is 10.6. The summed E-state index contributed by atoms with van der Waals surface area (Å²) in [6, 6.07) is 8.19. The van der Waals surface area contributed by atoms with Crippen molar-refractivity contribution in [2.75, 3.05) is 7.05 Å². The van der Waals surface area contributed by atoms with Gasteiger partial charge in [0, 0.05) is 6.54 Å². The van der Waals surface area contributed by atoms with E-state index in [4.69, 9.17) is 4.74 Å². The molecule has 0 saturated carbocycles.